The first-order chi connectivity index (χ1) is 21.3. The molecule has 1 atom stereocenters. The number of carbonyl (C=O) groups is 2. The van der Waals surface area contributed by atoms with Crippen LogP contribution < -0.4 is 14.4 Å². The molecule has 0 aliphatic heterocycles. The summed E-state index contributed by atoms with van der Waals surface area (Å²) in [7, 11) is -4.17. The van der Waals surface area contributed by atoms with Gasteiger partial charge in [0.25, 0.3) is 10.0 Å². The number of hydrogen-bond acceptors (Lipinski definition) is 5. The molecule has 0 aromatic heterocycles. The number of sulfonamides is 1. The van der Waals surface area contributed by atoms with E-state index in [1.165, 1.54) is 17.0 Å². The second-order valence-corrected chi connectivity index (χ2v) is 13.8. The van der Waals surface area contributed by atoms with Crippen LogP contribution in [0.15, 0.2) is 114 Å². The van der Waals surface area contributed by atoms with Crippen molar-refractivity contribution in [2.45, 2.75) is 57.5 Å². The van der Waals surface area contributed by atoms with Crippen molar-refractivity contribution in [1.29, 1.82) is 0 Å². The summed E-state index contributed by atoms with van der Waals surface area (Å²) in [5.74, 6) is 0.337. The third kappa shape index (κ3) is 9.18. The second-order valence-electron chi connectivity index (χ2n) is 12.0. The van der Waals surface area contributed by atoms with E-state index in [4.69, 9.17) is 4.74 Å². The van der Waals surface area contributed by atoms with E-state index in [1.54, 1.807) is 43.3 Å². The van der Waals surface area contributed by atoms with E-state index in [-0.39, 0.29) is 17.3 Å². The van der Waals surface area contributed by atoms with Gasteiger partial charge in [-0.3, -0.25) is 13.9 Å². The lowest BCUT2D eigenvalue weighted by Gasteiger charge is -2.33. The molecule has 0 saturated heterocycles. The van der Waals surface area contributed by atoms with Crippen LogP contribution in [0.3, 0.4) is 0 Å². The van der Waals surface area contributed by atoms with Crippen molar-refractivity contribution < 1.29 is 22.7 Å². The van der Waals surface area contributed by atoms with Crippen molar-refractivity contribution in [3.63, 3.8) is 0 Å². The molecule has 2 amide bonds. The number of anilines is 1. The minimum absolute atomic E-state index is 0.0554. The van der Waals surface area contributed by atoms with Gasteiger partial charge in [-0.05, 0) is 95.1 Å². The molecule has 0 radical (unpaired) electrons. The van der Waals surface area contributed by atoms with E-state index in [2.05, 4.69) is 5.32 Å². The summed E-state index contributed by atoms with van der Waals surface area (Å²) in [5, 5.41) is 2.95. The number of aryl methyl sites for hydroxylation is 1. The zero-order chi connectivity index (χ0) is 32.6. The Hall–Kier alpha value is -4.63. The van der Waals surface area contributed by atoms with Crippen molar-refractivity contribution >= 4 is 27.5 Å². The summed E-state index contributed by atoms with van der Waals surface area (Å²) in [6.07, 6.45) is 0.496. The molecule has 4 aromatic rings. The summed E-state index contributed by atoms with van der Waals surface area (Å²) < 4.78 is 35.2. The number of para-hydroxylation sites is 1. The molecule has 0 unspecified atom stereocenters. The first-order valence-corrected chi connectivity index (χ1v) is 16.4. The van der Waals surface area contributed by atoms with Crippen molar-refractivity contribution in [1.82, 2.24) is 10.2 Å². The Kier molecular flexibility index (Phi) is 10.7. The van der Waals surface area contributed by atoms with Gasteiger partial charge in [0.15, 0.2) is 0 Å². The van der Waals surface area contributed by atoms with Gasteiger partial charge in [0, 0.05) is 12.1 Å². The molecule has 0 bridgehead atoms. The molecule has 0 heterocycles. The second kappa shape index (κ2) is 14.4. The van der Waals surface area contributed by atoms with Crippen LogP contribution in [0.1, 0.15) is 38.8 Å². The Balaban J connectivity index is 1.67. The minimum atomic E-state index is -4.17. The summed E-state index contributed by atoms with van der Waals surface area (Å²) in [4.78, 5) is 28.9. The number of amides is 2. The van der Waals surface area contributed by atoms with E-state index < -0.39 is 34.1 Å². The zero-order valence-corrected chi connectivity index (χ0v) is 27.3. The first kappa shape index (κ1) is 33.3. The average Bonchev–Trinajstić information content (AvgIpc) is 3.00. The van der Waals surface area contributed by atoms with Gasteiger partial charge in [-0.15, -0.1) is 0 Å². The van der Waals surface area contributed by atoms with Gasteiger partial charge in [-0.2, -0.15) is 0 Å². The zero-order valence-electron chi connectivity index (χ0n) is 26.4. The highest BCUT2D eigenvalue weighted by molar-refractivity contribution is 7.92. The number of benzene rings is 4. The number of ether oxygens (including phenoxy) is 1. The number of rotatable bonds is 12. The number of hydrogen-bond donors (Lipinski definition) is 1. The fraction of sp³-hybridized carbons (Fsp3) is 0.278. The lowest BCUT2D eigenvalue weighted by atomic mass is 10.1. The standard InChI is InChI=1S/C36H41N3O5S/c1-27-16-22-33(23-17-27)45(42,43)39(30-18-20-32(21-19-30)44-31-14-10-7-11-15-31)26-34(40)38(25-24-29-12-8-6-9-13-29)28(2)35(41)37-36(3,4)5/h6-23,28H,24-26H2,1-5H3,(H,37,41)/t28-/m0/s1. The van der Waals surface area contributed by atoms with Crippen molar-refractivity contribution in [3.05, 3.63) is 120 Å². The van der Waals surface area contributed by atoms with Gasteiger partial charge in [-0.25, -0.2) is 8.42 Å². The van der Waals surface area contributed by atoms with Gasteiger partial charge in [0.1, 0.15) is 24.1 Å². The molecule has 0 spiro atoms. The predicted octanol–water partition coefficient (Wildman–Crippen LogP) is 6.36. The number of nitrogens with zero attached hydrogens (tertiary/aromatic N) is 2. The van der Waals surface area contributed by atoms with Crippen LogP contribution in [0.25, 0.3) is 0 Å². The highest BCUT2D eigenvalue weighted by Crippen LogP contribution is 2.28. The molecular weight excluding hydrogens is 586 g/mol. The quantitative estimate of drug-likeness (QED) is 0.197. The topological polar surface area (TPSA) is 96.0 Å². The predicted molar refractivity (Wildman–Crippen MR) is 178 cm³/mol. The fourth-order valence-electron chi connectivity index (χ4n) is 4.72. The monoisotopic (exact) mass is 627 g/mol. The molecule has 4 rings (SSSR count). The molecule has 0 fully saturated rings. The highest BCUT2D eigenvalue weighted by atomic mass is 32.2. The summed E-state index contributed by atoms with van der Waals surface area (Å²) in [6.45, 7) is 8.87. The van der Waals surface area contributed by atoms with Crippen molar-refractivity contribution in [3.8, 4) is 11.5 Å². The SMILES string of the molecule is Cc1ccc(S(=O)(=O)N(CC(=O)N(CCc2ccccc2)[C@@H](C)C(=O)NC(C)(C)C)c2ccc(Oc3ccccc3)cc2)cc1. The van der Waals surface area contributed by atoms with Crippen LogP contribution in [0.4, 0.5) is 5.69 Å². The largest absolute Gasteiger partial charge is 0.457 e. The lowest BCUT2D eigenvalue weighted by molar-refractivity contribution is -0.139. The molecule has 9 heteroatoms. The molecule has 0 saturated carbocycles. The molecule has 4 aromatic carbocycles. The van der Waals surface area contributed by atoms with Crippen LogP contribution in [-0.2, 0) is 26.0 Å². The summed E-state index contributed by atoms with van der Waals surface area (Å²) >= 11 is 0. The van der Waals surface area contributed by atoms with Crippen molar-refractivity contribution in [2.24, 2.45) is 0 Å². The van der Waals surface area contributed by atoms with E-state index in [1.807, 2.05) is 88.4 Å². The third-order valence-electron chi connectivity index (χ3n) is 7.14. The van der Waals surface area contributed by atoms with Crippen molar-refractivity contribution in [2.75, 3.05) is 17.4 Å². The van der Waals surface area contributed by atoms with Gasteiger partial charge in [-0.1, -0.05) is 66.2 Å². The highest BCUT2D eigenvalue weighted by Gasteiger charge is 2.33. The Bertz CT molecular complexity index is 1670. The van der Waals surface area contributed by atoms with E-state index in [0.29, 0.717) is 23.6 Å². The Morgan fingerprint density at radius 2 is 1.36 bits per heavy atom. The molecule has 236 valence electrons. The summed E-state index contributed by atoms with van der Waals surface area (Å²) in [6, 6.07) is 31.1. The molecule has 1 N–H and O–H groups in total. The van der Waals surface area contributed by atoms with E-state index in [9.17, 15) is 18.0 Å². The number of nitrogens with one attached hydrogen (secondary N) is 1. The maximum atomic E-state index is 14.1. The summed E-state index contributed by atoms with van der Waals surface area (Å²) in [5.41, 5.74) is 1.69. The smallest absolute Gasteiger partial charge is 0.264 e. The van der Waals surface area contributed by atoms with Gasteiger partial charge in [0.05, 0.1) is 10.6 Å². The van der Waals surface area contributed by atoms with Gasteiger partial charge >= 0.3 is 0 Å². The Morgan fingerprint density at radius 3 is 1.93 bits per heavy atom. The van der Waals surface area contributed by atoms with E-state index in [0.717, 1.165) is 15.4 Å². The average molecular weight is 628 g/mol. The molecule has 45 heavy (non-hydrogen) atoms. The van der Waals surface area contributed by atoms with Crippen LogP contribution in [0.2, 0.25) is 0 Å². The fourth-order valence-corrected chi connectivity index (χ4v) is 6.13. The molecule has 0 aliphatic carbocycles. The normalized spacial score (nSPS) is 12.2. The third-order valence-corrected chi connectivity index (χ3v) is 8.93. The number of carbonyl (C=O) groups excluding carboxylic acids is 2. The maximum absolute atomic E-state index is 14.1. The minimum Gasteiger partial charge on any atom is -0.457 e. The van der Waals surface area contributed by atoms with Crippen LogP contribution in [0.5, 0.6) is 11.5 Å². The van der Waals surface area contributed by atoms with Crippen LogP contribution >= 0.6 is 0 Å². The van der Waals surface area contributed by atoms with Gasteiger partial charge < -0.3 is 15.0 Å². The van der Waals surface area contributed by atoms with E-state index >= 15 is 0 Å². The molecule has 8 nitrogen and oxygen atoms in total. The van der Waals surface area contributed by atoms with Crippen LogP contribution in [0, 0.1) is 6.92 Å². The van der Waals surface area contributed by atoms with Gasteiger partial charge in [0.2, 0.25) is 11.8 Å². The lowest BCUT2D eigenvalue weighted by Crippen LogP contribution is -2.55. The Morgan fingerprint density at radius 1 is 0.800 bits per heavy atom. The van der Waals surface area contributed by atoms with Crippen LogP contribution in [-0.4, -0.2) is 49.8 Å². The molecular formula is C36H41N3O5S. The first-order valence-electron chi connectivity index (χ1n) is 14.9. The maximum Gasteiger partial charge on any atom is 0.264 e. The molecule has 0 aliphatic rings. The Labute approximate surface area is 266 Å².